The second kappa shape index (κ2) is 5.15. The van der Waals surface area contributed by atoms with E-state index in [9.17, 15) is 4.79 Å². The van der Waals surface area contributed by atoms with Crippen LogP contribution >= 0.6 is 0 Å². The summed E-state index contributed by atoms with van der Waals surface area (Å²) in [5, 5.41) is 8.17. The average Bonchev–Trinajstić information content (AvgIpc) is 3.32. The van der Waals surface area contributed by atoms with Gasteiger partial charge in [0.2, 0.25) is 0 Å². The van der Waals surface area contributed by atoms with E-state index in [4.69, 9.17) is 9.47 Å². The van der Waals surface area contributed by atoms with Crippen molar-refractivity contribution in [2.75, 3.05) is 18.1 Å². The molecule has 0 aliphatic carbocycles. The van der Waals surface area contributed by atoms with Crippen LogP contribution in [0, 0.1) is 6.92 Å². The van der Waals surface area contributed by atoms with Crippen molar-refractivity contribution in [2.24, 2.45) is 0 Å². The van der Waals surface area contributed by atoms with Gasteiger partial charge in [0.25, 0.3) is 5.91 Å². The minimum absolute atomic E-state index is 0.115. The molecule has 6 nitrogen and oxygen atoms in total. The van der Waals surface area contributed by atoms with Crippen LogP contribution in [0.3, 0.4) is 0 Å². The Morgan fingerprint density at radius 1 is 1.27 bits per heavy atom. The van der Waals surface area contributed by atoms with Gasteiger partial charge in [-0.2, -0.15) is 5.10 Å². The molecule has 4 rings (SSSR count). The van der Waals surface area contributed by atoms with E-state index < -0.39 is 6.23 Å². The van der Waals surface area contributed by atoms with Crippen molar-refractivity contribution in [1.82, 2.24) is 10.2 Å². The number of epoxide rings is 1. The SMILES string of the molecule is Cc1ccc(N2C(=O)c3ccccc3C2OCC2CO2)nn1. The molecule has 2 unspecified atom stereocenters. The lowest BCUT2D eigenvalue weighted by Crippen LogP contribution is -2.31. The van der Waals surface area contributed by atoms with Crippen LogP contribution in [0.25, 0.3) is 0 Å². The fourth-order valence-corrected chi connectivity index (χ4v) is 2.55. The van der Waals surface area contributed by atoms with Gasteiger partial charge in [0.05, 0.1) is 18.9 Å². The second-order valence-corrected chi connectivity index (χ2v) is 5.44. The lowest BCUT2D eigenvalue weighted by molar-refractivity contribution is 0.0424. The van der Waals surface area contributed by atoms with E-state index in [-0.39, 0.29) is 12.0 Å². The summed E-state index contributed by atoms with van der Waals surface area (Å²) < 4.78 is 11.1. The zero-order valence-corrected chi connectivity index (χ0v) is 12.1. The minimum atomic E-state index is -0.482. The van der Waals surface area contributed by atoms with Crippen LogP contribution in [-0.4, -0.2) is 35.4 Å². The second-order valence-electron chi connectivity index (χ2n) is 5.44. The quantitative estimate of drug-likeness (QED) is 0.806. The molecule has 1 aromatic carbocycles. The number of nitrogens with zero attached hydrogens (tertiary/aromatic N) is 3. The van der Waals surface area contributed by atoms with Crippen molar-refractivity contribution in [3.63, 3.8) is 0 Å². The predicted octanol–water partition coefficient (Wildman–Crippen LogP) is 1.86. The summed E-state index contributed by atoms with van der Waals surface area (Å²) in [6.45, 7) is 3.03. The zero-order valence-electron chi connectivity index (χ0n) is 12.1. The molecule has 22 heavy (non-hydrogen) atoms. The first-order valence-electron chi connectivity index (χ1n) is 7.20. The van der Waals surface area contributed by atoms with Crippen molar-refractivity contribution < 1.29 is 14.3 Å². The standard InChI is InChI=1S/C16H15N3O3/c1-10-6-7-14(18-17-10)19-15(20)12-4-2-3-5-13(12)16(19)22-9-11-8-21-11/h2-7,11,16H,8-9H2,1H3. The molecule has 3 heterocycles. The third-order valence-corrected chi connectivity index (χ3v) is 3.78. The summed E-state index contributed by atoms with van der Waals surface area (Å²) in [6.07, 6.45) is -0.348. The predicted molar refractivity (Wildman–Crippen MR) is 78.5 cm³/mol. The molecule has 2 aliphatic rings. The van der Waals surface area contributed by atoms with Crippen LogP contribution in [0.1, 0.15) is 27.8 Å². The van der Waals surface area contributed by atoms with Crippen molar-refractivity contribution in [3.05, 3.63) is 53.2 Å². The fourth-order valence-electron chi connectivity index (χ4n) is 2.55. The van der Waals surface area contributed by atoms with Crippen LogP contribution in [0.2, 0.25) is 0 Å². The number of aromatic nitrogens is 2. The van der Waals surface area contributed by atoms with Crippen LogP contribution in [0.4, 0.5) is 5.82 Å². The molecule has 2 aliphatic heterocycles. The number of carbonyl (C=O) groups is 1. The largest absolute Gasteiger partial charge is 0.371 e. The van der Waals surface area contributed by atoms with Gasteiger partial charge in [-0.3, -0.25) is 9.69 Å². The number of aryl methyl sites for hydroxylation is 1. The Labute approximate surface area is 127 Å². The molecule has 0 bridgehead atoms. The molecule has 0 N–H and O–H groups in total. The Morgan fingerprint density at radius 3 is 2.82 bits per heavy atom. The number of benzene rings is 1. The Hall–Kier alpha value is -2.31. The summed E-state index contributed by atoms with van der Waals surface area (Å²) >= 11 is 0. The minimum Gasteiger partial charge on any atom is -0.371 e. The Bertz CT molecular complexity index is 713. The maximum atomic E-state index is 12.7. The normalized spacial score (nSPS) is 22.8. The van der Waals surface area contributed by atoms with Gasteiger partial charge in [0.1, 0.15) is 6.10 Å². The zero-order chi connectivity index (χ0) is 15.1. The summed E-state index contributed by atoms with van der Waals surface area (Å²) in [7, 11) is 0. The number of hydrogen-bond donors (Lipinski definition) is 0. The maximum Gasteiger partial charge on any atom is 0.262 e. The first-order valence-corrected chi connectivity index (χ1v) is 7.20. The molecule has 1 aromatic heterocycles. The van der Waals surface area contributed by atoms with Gasteiger partial charge < -0.3 is 9.47 Å². The molecule has 2 aromatic rings. The highest BCUT2D eigenvalue weighted by atomic mass is 16.6. The van der Waals surface area contributed by atoms with Crippen molar-refractivity contribution in [2.45, 2.75) is 19.3 Å². The van der Waals surface area contributed by atoms with E-state index >= 15 is 0 Å². The molecule has 112 valence electrons. The number of fused-ring (bicyclic) bond motifs is 1. The number of hydrogen-bond acceptors (Lipinski definition) is 5. The van der Waals surface area contributed by atoms with Gasteiger partial charge in [0.15, 0.2) is 12.0 Å². The van der Waals surface area contributed by atoms with E-state index in [1.54, 1.807) is 11.0 Å². The lowest BCUT2D eigenvalue weighted by Gasteiger charge is -2.23. The van der Waals surface area contributed by atoms with Crippen LogP contribution in [-0.2, 0) is 9.47 Å². The molecular weight excluding hydrogens is 282 g/mol. The molecule has 0 radical (unpaired) electrons. The van der Waals surface area contributed by atoms with Gasteiger partial charge >= 0.3 is 0 Å². The molecule has 0 saturated carbocycles. The first kappa shape index (κ1) is 13.4. The van der Waals surface area contributed by atoms with Gasteiger partial charge in [0, 0.05) is 11.1 Å². The molecule has 6 heteroatoms. The molecular formula is C16H15N3O3. The van der Waals surface area contributed by atoms with Crippen molar-refractivity contribution >= 4 is 11.7 Å². The highest BCUT2D eigenvalue weighted by molar-refractivity contribution is 6.10. The van der Waals surface area contributed by atoms with Crippen LogP contribution in [0.15, 0.2) is 36.4 Å². The summed E-state index contributed by atoms with van der Waals surface area (Å²) in [5.41, 5.74) is 2.30. The number of carbonyl (C=O) groups excluding carboxylic acids is 1. The third-order valence-electron chi connectivity index (χ3n) is 3.78. The van der Waals surface area contributed by atoms with Gasteiger partial charge in [-0.25, -0.2) is 0 Å². The summed E-state index contributed by atoms with van der Waals surface area (Å²) in [4.78, 5) is 14.3. The van der Waals surface area contributed by atoms with Crippen molar-refractivity contribution in [3.8, 4) is 0 Å². The van der Waals surface area contributed by atoms with Crippen LogP contribution in [0.5, 0.6) is 0 Å². The molecule has 1 saturated heterocycles. The monoisotopic (exact) mass is 297 g/mol. The van der Waals surface area contributed by atoms with E-state index in [0.29, 0.717) is 24.6 Å². The Morgan fingerprint density at radius 2 is 2.09 bits per heavy atom. The lowest BCUT2D eigenvalue weighted by atomic mass is 10.1. The number of amides is 1. The van der Waals surface area contributed by atoms with Gasteiger partial charge in [-0.05, 0) is 25.1 Å². The van der Waals surface area contributed by atoms with Crippen molar-refractivity contribution in [1.29, 1.82) is 0 Å². The topological polar surface area (TPSA) is 67.8 Å². The van der Waals surface area contributed by atoms with E-state index in [1.165, 1.54) is 0 Å². The first-order chi connectivity index (χ1) is 10.7. The van der Waals surface area contributed by atoms with E-state index in [2.05, 4.69) is 10.2 Å². The highest BCUT2D eigenvalue weighted by Crippen LogP contribution is 2.37. The van der Waals surface area contributed by atoms with Crippen LogP contribution < -0.4 is 4.90 Å². The molecule has 1 amide bonds. The summed E-state index contributed by atoms with van der Waals surface area (Å²) in [6, 6.07) is 11.1. The third kappa shape index (κ3) is 2.26. The molecule has 1 fully saturated rings. The Kier molecular flexibility index (Phi) is 3.13. The van der Waals surface area contributed by atoms with Gasteiger partial charge in [-0.1, -0.05) is 18.2 Å². The van der Waals surface area contributed by atoms with E-state index in [0.717, 1.165) is 11.3 Å². The molecule has 0 spiro atoms. The fraction of sp³-hybridized carbons (Fsp3) is 0.312. The summed E-state index contributed by atoms with van der Waals surface area (Å²) in [5.74, 6) is 0.379. The Balaban J connectivity index is 1.71. The van der Waals surface area contributed by atoms with Gasteiger partial charge in [-0.15, -0.1) is 5.10 Å². The number of anilines is 1. The number of ether oxygens (including phenoxy) is 2. The highest BCUT2D eigenvalue weighted by Gasteiger charge is 2.40. The molecule has 2 atom stereocenters. The average molecular weight is 297 g/mol. The number of rotatable bonds is 4. The smallest absolute Gasteiger partial charge is 0.262 e. The maximum absolute atomic E-state index is 12.7. The van der Waals surface area contributed by atoms with E-state index in [1.807, 2.05) is 37.3 Å².